The van der Waals surface area contributed by atoms with Gasteiger partial charge in [0.05, 0.1) is 12.1 Å². The predicted octanol–water partition coefficient (Wildman–Crippen LogP) is 0.977. The molecule has 7 nitrogen and oxygen atoms in total. The van der Waals surface area contributed by atoms with Crippen LogP contribution in [0.3, 0.4) is 0 Å². The zero-order valence-corrected chi connectivity index (χ0v) is 14.3. The summed E-state index contributed by atoms with van der Waals surface area (Å²) in [4.78, 5) is 23.3. The molecule has 3 atom stereocenters. The summed E-state index contributed by atoms with van der Waals surface area (Å²) in [5, 5.41) is 3.13. The Morgan fingerprint density at radius 3 is 3.12 bits per heavy atom. The number of nitrogens with zero attached hydrogens (tertiary/aromatic N) is 4. The monoisotopic (exact) mass is 341 g/mol. The van der Waals surface area contributed by atoms with Gasteiger partial charge in [-0.25, -0.2) is 4.98 Å². The van der Waals surface area contributed by atoms with Gasteiger partial charge in [-0.1, -0.05) is 6.07 Å². The van der Waals surface area contributed by atoms with Crippen molar-refractivity contribution in [3.05, 3.63) is 48.3 Å². The highest BCUT2D eigenvalue weighted by Gasteiger charge is 2.44. The Labute approximate surface area is 147 Å². The lowest BCUT2D eigenvalue weighted by Crippen LogP contribution is -2.48. The maximum atomic E-state index is 12.5. The third kappa shape index (κ3) is 3.29. The van der Waals surface area contributed by atoms with E-state index in [1.54, 1.807) is 23.2 Å². The smallest absolute Gasteiger partial charge is 0.287 e. The lowest BCUT2D eigenvalue weighted by atomic mass is 10.0. The molecule has 0 spiro atoms. The number of aryl methyl sites for hydroxylation is 1. The Balaban J connectivity index is 1.48. The van der Waals surface area contributed by atoms with Crippen molar-refractivity contribution in [2.24, 2.45) is 7.05 Å². The van der Waals surface area contributed by atoms with Crippen molar-refractivity contribution in [1.29, 1.82) is 0 Å². The van der Waals surface area contributed by atoms with Crippen LogP contribution < -0.4 is 5.32 Å². The second-order valence-corrected chi connectivity index (χ2v) is 6.78. The largest absolute Gasteiger partial charge is 0.374 e. The number of carbonyl (C=O) groups is 1. The minimum atomic E-state index is -0.145. The van der Waals surface area contributed by atoms with Crippen LogP contribution in [0.4, 0.5) is 0 Å². The molecule has 0 aromatic carbocycles. The first kappa shape index (κ1) is 16.2. The van der Waals surface area contributed by atoms with E-state index in [4.69, 9.17) is 4.74 Å². The maximum absolute atomic E-state index is 12.5. The van der Waals surface area contributed by atoms with Gasteiger partial charge in [-0.2, -0.15) is 0 Å². The van der Waals surface area contributed by atoms with Crippen molar-refractivity contribution < 1.29 is 9.53 Å². The molecule has 2 fully saturated rings. The van der Waals surface area contributed by atoms with Gasteiger partial charge in [-0.05, 0) is 24.5 Å². The maximum Gasteiger partial charge on any atom is 0.287 e. The van der Waals surface area contributed by atoms with E-state index in [2.05, 4.69) is 26.3 Å². The molecular weight excluding hydrogens is 318 g/mol. The highest BCUT2D eigenvalue weighted by molar-refractivity contribution is 5.91. The summed E-state index contributed by atoms with van der Waals surface area (Å²) in [7, 11) is 1.82. The molecule has 2 aromatic rings. The first-order valence-electron chi connectivity index (χ1n) is 8.75. The highest BCUT2D eigenvalue weighted by Crippen LogP contribution is 2.30. The molecule has 0 aliphatic carbocycles. The predicted molar refractivity (Wildman–Crippen MR) is 91.9 cm³/mol. The van der Waals surface area contributed by atoms with Gasteiger partial charge in [0.2, 0.25) is 0 Å². The summed E-state index contributed by atoms with van der Waals surface area (Å²) in [6.07, 6.45) is 9.30. The molecule has 1 amide bonds. The van der Waals surface area contributed by atoms with E-state index in [0.717, 1.165) is 32.5 Å². The quantitative estimate of drug-likeness (QED) is 0.897. The molecule has 2 saturated heterocycles. The summed E-state index contributed by atoms with van der Waals surface area (Å²) in [5.41, 5.74) is 1.18. The number of pyridine rings is 1. The third-order valence-corrected chi connectivity index (χ3v) is 5.08. The summed E-state index contributed by atoms with van der Waals surface area (Å²) in [6, 6.07) is 4.36. The number of hydrogen-bond acceptors (Lipinski definition) is 5. The first-order valence-corrected chi connectivity index (χ1v) is 8.75. The molecule has 7 heteroatoms. The fourth-order valence-electron chi connectivity index (χ4n) is 3.91. The minimum absolute atomic E-state index is 0.0221. The van der Waals surface area contributed by atoms with Gasteiger partial charge in [0.25, 0.3) is 5.91 Å². The van der Waals surface area contributed by atoms with E-state index in [9.17, 15) is 4.79 Å². The number of nitrogens with one attached hydrogen (secondary N) is 1. The van der Waals surface area contributed by atoms with Crippen LogP contribution in [0.15, 0.2) is 36.9 Å². The molecular formula is C18H23N5O2. The molecule has 2 aliphatic rings. The number of rotatable bonds is 4. The first-order chi connectivity index (χ1) is 12.2. The van der Waals surface area contributed by atoms with E-state index >= 15 is 0 Å². The molecule has 25 heavy (non-hydrogen) atoms. The molecule has 4 heterocycles. The SMILES string of the molecule is Cn1ccnc1C(=O)N[C@@H]1CN(Cc2cccnc2)[C@@H]2CCCO[C@@H]21. The Morgan fingerprint density at radius 1 is 1.44 bits per heavy atom. The lowest BCUT2D eigenvalue weighted by molar-refractivity contribution is -0.0212. The fourth-order valence-corrected chi connectivity index (χ4v) is 3.91. The molecule has 0 saturated carbocycles. The zero-order valence-electron chi connectivity index (χ0n) is 14.3. The third-order valence-electron chi connectivity index (χ3n) is 5.08. The number of aromatic nitrogens is 3. The number of likely N-dealkylation sites (tertiary alicyclic amines) is 1. The normalized spacial score (nSPS) is 26.4. The van der Waals surface area contributed by atoms with Crippen LogP contribution in [-0.4, -0.2) is 56.7 Å². The summed E-state index contributed by atoms with van der Waals surface area (Å²) in [6.45, 7) is 2.37. The van der Waals surface area contributed by atoms with Crippen LogP contribution in [-0.2, 0) is 18.3 Å². The van der Waals surface area contributed by atoms with E-state index < -0.39 is 0 Å². The molecule has 0 radical (unpaired) electrons. The van der Waals surface area contributed by atoms with Crippen molar-refractivity contribution in [3.8, 4) is 0 Å². The van der Waals surface area contributed by atoms with Crippen molar-refractivity contribution in [2.75, 3.05) is 13.2 Å². The number of fused-ring (bicyclic) bond motifs is 1. The lowest BCUT2D eigenvalue weighted by Gasteiger charge is -2.32. The van der Waals surface area contributed by atoms with Crippen LogP contribution in [0.2, 0.25) is 0 Å². The van der Waals surface area contributed by atoms with Crippen molar-refractivity contribution >= 4 is 5.91 Å². The molecule has 132 valence electrons. The Kier molecular flexibility index (Phi) is 4.50. The van der Waals surface area contributed by atoms with Crippen LogP contribution in [0.5, 0.6) is 0 Å². The Hall–Kier alpha value is -2.25. The average Bonchev–Trinajstić information content (AvgIpc) is 3.21. The molecule has 0 bridgehead atoms. The van der Waals surface area contributed by atoms with E-state index in [0.29, 0.717) is 11.9 Å². The van der Waals surface area contributed by atoms with Gasteiger partial charge in [0.15, 0.2) is 5.82 Å². The molecule has 1 N–H and O–H groups in total. The second-order valence-electron chi connectivity index (χ2n) is 6.78. The van der Waals surface area contributed by atoms with Crippen LogP contribution in [0.1, 0.15) is 29.0 Å². The van der Waals surface area contributed by atoms with Crippen LogP contribution in [0, 0.1) is 0 Å². The molecule has 0 unspecified atom stereocenters. The number of carbonyl (C=O) groups excluding carboxylic acids is 1. The molecule has 2 aliphatic heterocycles. The number of amides is 1. The highest BCUT2D eigenvalue weighted by atomic mass is 16.5. The van der Waals surface area contributed by atoms with Crippen molar-refractivity contribution in [3.63, 3.8) is 0 Å². The van der Waals surface area contributed by atoms with Crippen molar-refractivity contribution in [1.82, 2.24) is 24.8 Å². The van der Waals surface area contributed by atoms with Crippen molar-refractivity contribution in [2.45, 2.75) is 37.6 Å². The number of imidazole rings is 1. The van der Waals surface area contributed by atoms with Crippen LogP contribution >= 0.6 is 0 Å². The number of hydrogen-bond donors (Lipinski definition) is 1. The fraction of sp³-hybridized carbons (Fsp3) is 0.500. The standard InChI is InChI=1S/C18H23N5O2/c1-22-8-7-20-17(22)18(24)21-14-12-23(11-13-4-2-6-19-10-13)15-5-3-9-25-16(14)15/h2,4,6-8,10,14-16H,3,5,9,11-12H2,1H3,(H,21,24)/t14-,15-,16-/m1/s1. The van der Waals surface area contributed by atoms with Gasteiger partial charge < -0.3 is 14.6 Å². The topological polar surface area (TPSA) is 72.3 Å². The van der Waals surface area contributed by atoms with Gasteiger partial charge in [0.1, 0.15) is 0 Å². The summed E-state index contributed by atoms with van der Waals surface area (Å²) in [5.74, 6) is 0.284. The Morgan fingerprint density at radius 2 is 2.36 bits per heavy atom. The molecule has 4 rings (SSSR count). The number of ether oxygens (including phenoxy) is 1. The van der Waals surface area contributed by atoms with Gasteiger partial charge in [-0.15, -0.1) is 0 Å². The van der Waals surface area contributed by atoms with Crippen LogP contribution in [0.25, 0.3) is 0 Å². The second kappa shape index (κ2) is 6.93. The van der Waals surface area contributed by atoms with E-state index in [-0.39, 0.29) is 18.1 Å². The summed E-state index contributed by atoms with van der Waals surface area (Å²) >= 11 is 0. The van der Waals surface area contributed by atoms with E-state index in [1.165, 1.54) is 5.56 Å². The molecule has 2 aromatic heterocycles. The van der Waals surface area contributed by atoms with E-state index in [1.807, 2.05) is 19.3 Å². The zero-order chi connectivity index (χ0) is 17.2. The van der Waals surface area contributed by atoms with Gasteiger partial charge in [0, 0.05) is 57.6 Å². The minimum Gasteiger partial charge on any atom is -0.374 e. The van der Waals surface area contributed by atoms with Gasteiger partial charge in [-0.3, -0.25) is 14.7 Å². The summed E-state index contributed by atoms with van der Waals surface area (Å²) < 4.78 is 7.76. The van der Waals surface area contributed by atoms with Gasteiger partial charge >= 0.3 is 0 Å². The Bertz CT molecular complexity index is 732. The average molecular weight is 341 g/mol.